The third-order valence-corrected chi connectivity index (χ3v) is 6.08. The maximum absolute atomic E-state index is 12.5. The minimum atomic E-state index is -0.299. The molecule has 126 valence electrons. The van der Waals surface area contributed by atoms with Crippen molar-refractivity contribution in [2.45, 2.75) is 70.5 Å². The predicted molar refractivity (Wildman–Crippen MR) is 85.2 cm³/mol. The fourth-order valence-electron chi connectivity index (χ4n) is 4.76. The molecule has 1 aliphatic heterocycles. The summed E-state index contributed by atoms with van der Waals surface area (Å²) in [5.41, 5.74) is 1.41. The Bertz CT molecular complexity index is 589. The monoisotopic (exact) mass is 318 g/mol. The molecule has 3 aliphatic rings. The average molecular weight is 318 g/mol. The second-order valence-electron chi connectivity index (χ2n) is 7.93. The van der Waals surface area contributed by atoms with E-state index in [0.29, 0.717) is 17.5 Å². The van der Waals surface area contributed by atoms with Crippen LogP contribution in [0.2, 0.25) is 0 Å². The highest BCUT2D eigenvalue weighted by molar-refractivity contribution is 5.87. The van der Waals surface area contributed by atoms with Gasteiger partial charge in [-0.2, -0.15) is 5.10 Å². The molecule has 1 N–H and O–H groups in total. The average Bonchev–Trinajstić information content (AvgIpc) is 3.21. The maximum Gasteiger partial charge on any atom is 0.359 e. The minimum absolute atomic E-state index is 0.0580. The molecule has 0 spiro atoms. The first-order valence-electron chi connectivity index (χ1n) is 8.95. The first-order chi connectivity index (χ1) is 11.1. The smallest absolute Gasteiger partial charge is 0.359 e. The zero-order chi connectivity index (χ0) is 16.0. The molecule has 2 heterocycles. The number of aromatic nitrogens is 2. The lowest BCUT2D eigenvalue weighted by Gasteiger charge is -2.52. The number of nitrogens with zero attached hydrogens (tertiary/aromatic N) is 1. The van der Waals surface area contributed by atoms with Crippen molar-refractivity contribution in [2.75, 3.05) is 6.61 Å². The Balaban J connectivity index is 1.42. The van der Waals surface area contributed by atoms with Crippen LogP contribution in [0.15, 0.2) is 6.07 Å². The zero-order valence-electron chi connectivity index (χ0n) is 14.0. The summed E-state index contributed by atoms with van der Waals surface area (Å²) in [5.74, 6) is 0.572. The van der Waals surface area contributed by atoms with Crippen molar-refractivity contribution in [3.05, 3.63) is 17.5 Å². The number of carbonyl (C=O) groups excluding carboxylic acids is 1. The molecule has 1 saturated heterocycles. The highest BCUT2D eigenvalue weighted by atomic mass is 16.6. The quantitative estimate of drug-likeness (QED) is 0.867. The van der Waals surface area contributed by atoms with Crippen molar-refractivity contribution in [1.29, 1.82) is 0 Å². The van der Waals surface area contributed by atoms with Gasteiger partial charge < -0.3 is 9.47 Å². The van der Waals surface area contributed by atoms with Crippen molar-refractivity contribution < 1.29 is 14.3 Å². The van der Waals surface area contributed by atoms with Gasteiger partial charge in [-0.25, -0.2) is 4.79 Å². The maximum atomic E-state index is 12.5. The third-order valence-electron chi connectivity index (χ3n) is 6.08. The number of rotatable bonds is 3. The van der Waals surface area contributed by atoms with Crippen LogP contribution in [-0.2, 0) is 9.47 Å². The summed E-state index contributed by atoms with van der Waals surface area (Å²) in [6.45, 7) is 5.02. The highest BCUT2D eigenvalue weighted by Gasteiger charge is 2.61. The Kier molecular flexibility index (Phi) is 3.71. The number of carbonyl (C=O) groups is 1. The van der Waals surface area contributed by atoms with Crippen molar-refractivity contribution in [3.8, 4) is 0 Å². The van der Waals surface area contributed by atoms with E-state index in [4.69, 9.17) is 9.47 Å². The minimum Gasteiger partial charge on any atom is -0.457 e. The highest BCUT2D eigenvalue weighted by Crippen LogP contribution is 2.53. The van der Waals surface area contributed by atoms with Gasteiger partial charge in [0.1, 0.15) is 6.10 Å². The number of esters is 1. The molecule has 0 unspecified atom stereocenters. The van der Waals surface area contributed by atoms with Gasteiger partial charge in [0.05, 0.1) is 6.10 Å². The summed E-state index contributed by atoms with van der Waals surface area (Å²) < 4.78 is 11.6. The molecular formula is C18H26N2O3. The zero-order valence-corrected chi connectivity index (χ0v) is 14.0. The molecule has 23 heavy (non-hydrogen) atoms. The Morgan fingerprint density at radius 2 is 2.09 bits per heavy atom. The topological polar surface area (TPSA) is 64.2 Å². The van der Waals surface area contributed by atoms with E-state index >= 15 is 0 Å². The van der Waals surface area contributed by atoms with Crippen LogP contribution in [0.5, 0.6) is 0 Å². The van der Waals surface area contributed by atoms with E-state index in [1.807, 2.05) is 6.07 Å². The summed E-state index contributed by atoms with van der Waals surface area (Å²) in [5, 5.41) is 7.26. The number of aromatic amines is 1. The number of fused-ring (bicyclic) bond motifs is 1. The van der Waals surface area contributed by atoms with Gasteiger partial charge in [0.2, 0.25) is 0 Å². The summed E-state index contributed by atoms with van der Waals surface area (Å²) in [7, 11) is 0. The summed E-state index contributed by atoms with van der Waals surface area (Å²) in [6, 6.07) is 1.90. The number of hydrogen-bond acceptors (Lipinski definition) is 4. The molecule has 0 bridgehead atoms. The predicted octanol–water partition coefficient (Wildman–Crippen LogP) is 3.43. The molecule has 1 aromatic rings. The summed E-state index contributed by atoms with van der Waals surface area (Å²) in [6.07, 6.45) is 7.39. The normalized spacial score (nSPS) is 33.0. The molecule has 2 aliphatic carbocycles. The van der Waals surface area contributed by atoms with Gasteiger partial charge in [-0.3, -0.25) is 5.10 Å². The van der Waals surface area contributed by atoms with Crippen LogP contribution in [0.25, 0.3) is 0 Å². The van der Waals surface area contributed by atoms with Crippen molar-refractivity contribution in [3.63, 3.8) is 0 Å². The van der Waals surface area contributed by atoms with E-state index in [1.165, 1.54) is 32.1 Å². The SMILES string of the molecule is CC1(C)[C@@H]2OCC[C@@H]2[C@H]1OC(=O)c1cc(C2CCCCC2)[nH]n1. The molecule has 5 heteroatoms. The van der Waals surface area contributed by atoms with Crippen molar-refractivity contribution in [1.82, 2.24) is 10.2 Å². The first-order valence-corrected chi connectivity index (χ1v) is 8.95. The number of ether oxygens (including phenoxy) is 2. The third kappa shape index (κ3) is 2.49. The van der Waals surface area contributed by atoms with Gasteiger partial charge in [-0.05, 0) is 25.3 Å². The van der Waals surface area contributed by atoms with E-state index < -0.39 is 0 Å². The van der Waals surface area contributed by atoms with Crippen LogP contribution in [0, 0.1) is 11.3 Å². The Morgan fingerprint density at radius 3 is 2.87 bits per heavy atom. The molecule has 0 amide bonds. The molecule has 1 aromatic heterocycles. The fourth-order valence-corrected chi connectivity index (χ4v) is 4.76. The van der Waals surface area contributed by atoms with Crippen LogP contribution in [0.1, 0.15) is 74.5 Å². The van der Waals surface area contributed by atoms with Crippen LogP contribution < -0.4 is 0 Å². The standard InChI is InChI=1S/C18H26N2O3/c1-18(2)15-12(8-9-22-15)16(18)23-17(21)14-10-13(19-20-14)11-6-4-3-5-7-11/h10-12,15-16H,3-9H2,1-2H3,(H,19,20)/t12-,15+,16+/m0/s1. The Morgan fingerprint density at radius 1 is 1.30 bits per heavy atom. The van der Waals surface area contributed by atoms with Crippen molar-refractivity contribution >= 4 is 5.97 Å². The van der Waals surface area contributed by atoms with Gasteiger partial charge in [-0.1, -0.05) is 33.1 Å². The number of H-pyrrole nitrogens is 1. The lowest BCUT2D eigenvalue weighted by Crippen LogP contribution is -2.61. The molecule has 4 rings (SSSR count). The van der Waals surface area contributed by atoms with E-state index in [9.17, 15) is 4.79 Å². The van der Waals surface area contributed by atoms with Gasteiger partial charge >= 0.3 is 5.97 Å². The second kappa shape index (κ2) is 5.62. The van der Waals surface area contributed by atoms with Gasteiger partial charge in [-0.15, -0.1) is 0 Å². The second-order valence-corrected chi connectivity index (χ2v) is 7.93. The van der Waals surface area contributed by atoms with Gasteiger partial charge in [0.25, 0.3) is 0 Å². The van der Waals surface area contributed by atoms with Gasteiger partial charge in [0.15, 0.2) is 5.69 Å². The van der Waals surface area contributed by atoms with Crippen LogP contribution in [-0.4, -0.2) is 35.0 Å². The molecule has 0 aromatic carbocycles. The van der Waals surface area contributed by atoms with E-state index in [-0.39, 0.29) is 23.6 Å². The molecular weight excluding hydrogens is 292 g/mol. The van der Waals surface area contributed by atoms with E-state index in [2.05, 4.69) is 24.0 Å². The molecule has 2 saturated carbocycles. The van der Waals surface area contributed by atoms with Crippen LogP contribution >= 0.6 is 0 Å². The number of hydrogen-bond donors (Lipinski definition) is 1. The Hall–Kier alpha value is -1.36. The lowest BCUT2D eigenvalue weighted by atomic mass is 9.59. The number of nitrogens with one attached hydrogen (secondary N) is 1. The lowest BCUT2D eigenvalue weighted by molar-refractivity contribution is -0.183. The van der Waals surface area contributed by atoms with Crippen molar-refractivity contribution in [2.24, 2.45) is 11.3 Å². The van der Waals surface area contributed by atoms with Crippen LogP contribution in [0.3, 0.4) is 0 Å². The summed E-state index contributed by atoms with van der Waals surface area (Å²) >= 11 is 0. The summed E-state index contributed by atoms with van der Waals surface area (Å²) in [4.78, 5) is 12.5. The molecule has 3 fully saturated rings. The first kappa shape index (κ1) is 15.2. The van der Waals surface area contributed by atoms with E-state index in [0.717, 1.165) is 18.7 Å². The Labute approximate surface area is 137 Å². The largest absolute Gasteiger partial charge is 0.457 e. The fraction of sp³-hybridized carbons (Fsp3) is 0.778. The molecule has 0 radical (unpaired) electrons. The van der Waals surface area contributed by atoms with Crippen LogP contribution in [0.4, 0.5) is 0 Å². The van der Waals surface area contributed by atoms with E-state index in [1.54, 1.807) is 0 Å². The molecule has 3 atom stereocenters. The van der Waals surface area contributed by atoms with Gasteiger partial charge in [0, 0.05) is 29.6 Å². The molecule has 5 nitrogen and oxygen atoms in total.